The molecular formula is C22H32IN3O2. The Balaban J connectivity index is 0.00000392. The van der Waals surface area contributed by atoms with Crippen molar-refractivity contribution in [3.8, 4) is 5.75 Å². The van der Waals surface area contributed by atoms with Gasteiger partial charge in [0.1, 0.15) is 5.75 Å². The molecule has 2 rings (SSSR count). The van der Waals surface area contributed by atoms with E-state index < -0.39 is 6.10 Å². The number of hydrogen-bond donors (Lipinski definition) is 3. The minimum atomic E-state index is -0.671. The predicted octanol–water partition coefficient (Wildman–Crippen LogP) is 3.92. The van der Waals surface area contributed by atoms with Gasteiger partial charge in [-0.05, 0) is 49.9 Å². The lowest BCUT2D eigenvalue weighted by Crippen LogP contribution is -2.42. The summed E-state index contributed by atoms with van der Waals surface area (Å²) in [6.45, 7) is 5.24. The highest BCUT2D eigenvalue weighted by Crippen LogP contribution is 2.19. The summed E-state index contributed by atoms with van der Waals surface area (Å²) in [5.41, 5.74) is 2.13. The number of aryl methyl sites for hydroxylation is 1. The first-order valence-electron chi connectivity index (χ1n) is 9.53. The maximum atomic E-state index is 10.4. The van der Waals surface area contributed by atoms with Gasteiger partial charge in [-0.1, -0.05) is 42.5 Å². The molecule has 2 aromatic rings. The van der Waals surface area contributed by atoms with E-state index in [1.54, 1.807) is 7.11 Å². The molecule has 0 radical (unpaired) electrons. The third kappa shape index (κ3) is 8.48. The molecule has 2 atom stereocenters. The van der Waals surface area contributed by atoms with Crippen LogP contribution >= 0.6 is 24.0 Å². The van der Waals surface area contributed by atoms with E-state index in [1.165, 1.54) is 5.56 Å². The lowest BCUT2D eigenvalue weighted by atomic mass is 10.1. The summed E-state index contributed by atoms with van der Waals surface area (Å²) in [4.78, 5) is 4.54. The largest absolute Gasteiger partial charge is 0.497 e. The minimum absolute atomic E-state index is 0. The molecule has 0 aliphatic heterocycles. The highest BCUT2D eigenvalue weighted by Gasteiger charge is 2.10. The lowest BCUT2D eigenvalue weighted by Gasteiger charge is -2.18. The zero-order valence-electron chi connectivity index (χ0n) is 16.9. The van der Waals surface area contributed by atoms with Crippen LogP contribution in [0.3, 0.4) is 0 Å². The number of guanidine groups is 1. The van der Waals surface area contributed by atoms with Gasteiger partial charge in [0, 0.05) is 12.6 Å². The summed E-state index contributed by atoms with van der Waals surface area (Å²) in [6, 6.07) is 18.2. The Morgan fingerprint density at radius 3 is 2.57 bits per heavy atom. The second kappa shape index (κ2) is 13.4. The van der Waals surface area contributed by atoms with Gasteiger partial charge >= 0.3 is 0 Å². The molecule has 0 bridgehead atoms. The van der Waals surface area contributed by atoms with Crippen molar-refractivity contribution < 1.29 is 9.84 Å². The highest BCUT2D eigenvalue weighted by molar-refractivity contribution is 14.0. The summed E-state index contributed by atoms with van der Waals surface area (Å²) in [5, 5.41) is 17.1. The number of aliphatic hydroxyl groups excluding tert-OH is 1. The number of nitrogens with zero attached hydrogens (tertiary/aromatic N) is 1. The zero-order valence-corrected chi connectivity index (χ0v) is 19.2. The molecule has 3 N–H and O–H groups in total. The average molecular weight is 497 g/mol. The van der Waals surface area contributed by atoms with Crippen molar-refractivity contribution in [1.82, 2.24) is 10.6 Å². The van der Waals surface area contributed by atoms with Gasteiger partial charge in [-0.3, -0.25) is 4.99 Å². The summed E-state index contributed by atoms with van der Waals surface area (Å²) in [6.07, 6.45) is 1.35. The number of benzene rings is 2. The van der Waals surface area contributed by atoms with Crippen LogP contribution in [0.5, 0.6) is 5.75 Å². The normalized spacial score (nSPS) is 13.2. The third-order valence-electron chi connectivity index (χ3n) is 4.34. The minimum Gasteiger partial charge on any atom is -0.497 e. The van der Waals surface area contributed by atoms with Crippen LogP contribution in [0.25, 0.3) is 0 Å². The van der Waals surface area contributed by atoms with Gasteiger partial charge < -0.3 is 20.5 Å². The monoisotopic (exact) mass is 497 g/mol. The number of aliphatic imine (C=N–C) groups is 1. The Labute approximate surface area is 185 Å². The molecule has 28 heavy (non-hydrogen) atoms. The fourth-order valence-corrected chi connectivity index (χ4v) is 2.79. The number of halogens is 1. The molecule has 2 unspecified atom stereocenters. The molecule has 5 nitrogen and oxygen atoms in total. The predicted molar refractivity (Wildman–Crippen MR) is 127 cm³/mol. The van der Waals surface area contributed by atoms with Crippen molar-refractivity contribution in [1.29, 1.82) is 0 Å². The third-order valence-corrected chi connectivity index (χ3v) is 4.34. The fraction of sp³-hybridized carbons (Fsp3) is 0.409. The maximum Gasteiger partial charge on any atom is 0.191 e. The molecular weight excluding hydrogens is 465 g/mol. The number of ether oxygens (including phenoxy) is 1. The van der Waals surface area contributed by atoms with E-state index in [-0.39, 0.29) is 36.6 Å². The van der Waals surface area contributed by atoms with Gasteiger partial charge in [0.05, 0.1) is 19.8 Å². The second-order valence-corrected chi connectivity index (χ2v) is 6.58. The van der Waals surface area contributed by atoms with Crippen LogP contribution < -0.4 is 15.4 Å². The molecule has 6 heteroatoms. The van der Waals surface area contributed by atoms with E-state index in [9.17, 15) is 5.11 Å². The van der Waals surface area contributed by atoms with Crippen LogP contribution in [-0.4, -0.2) is 37.3 Å². The SMILES string of the molecule is CCNC(=NCC(O)c1cccc(OC)c1)NC(C)CCc1ccccc1.I. The molecule has 0 aliphatic carbocycles. The molecule has 0 aromatic heterocycles. The standard InChI is InChI=1S/C22H31N3O2.HI/c1-4-23-22(25-17(2)13-14-18-9-6-5-7-10-18)24-16-21(26)19-11-8-12-20(15-19)27-3;/h5-12,15,17,21,26H,4,13-14,16H2,1-3H3,(H2,23,24,25);1H. The van der Waals surface area contributed by atoms with Crippen molar-refractivity contribution >= 4 is 29.9 Å². The smallest absolute Gasteiger partial charge is 0.191 e. The molecule has 0 amide bonds. The van der Waals surface area contributed by atoms with Gasteiger partial charge in [0.15, 0.2) is 5.96 Å². The van der Waals surface area contributed by atoms with Crippen LogP contribution in [0, 0.1) is 0 Å². The van der Waals surface area contributed by atoms with E-state index in [1.807, 2.05) is 37.3 Å². The van der Waals surface area contributed by atoms with Gasteiger partial charge in [-0.25, -0.2) is 0 Å². The number of hydrogen-bond acceptors (Lipinski definition) is 3. The molecule has 0 spiro atoms. The van der Waals surface area contributed by atoms with Crippen molar-refractivity contribution in [2.24, 2.45) is 4.99 Å². The Bertz CT molecular complexity index is 710. The maximum absolute atomic E-state index is 10.4. The second-order valence-electron chi connectivity index (χ2n) is 6.58. The highest BCUT2D eigenvalue weighted by atomic mass is 127. The van der Waals surface area contributed by atoms with Gasteiger partial charge in [0.25, 0.3) is 0 Å². The fourth-order valence-electron chi connectivity index (χ4n) is 2.79. The average Bonchev–Trinajstić information content (AvgIpc) is 2.71. The number of aliphatic hydroxyl groups is 1. The van der Waals surface area contributed by atoms with E-state index in [0.717, 1.165) is 36.7 Å². The van der Waals surface area contributed by atoms with Crippen molar-refractivity contribution in [3.63, 3.8) is 0 Å². The van der Waals surface area contributed by atoms with Crippen LogP contribution in [0.15, 0.2) is 59.6 Å². The summed E-state index contributed by atoms with van der Waals surface area (Å²) < 4.78 is 5.21. The van der Waals surface area contributed by atoms with Gasteiger partial charge in [-0.15, -0.1) is 24.0 Å². The molecule has 0 heterocycles. The van der Waals surface area contributed by atoms with Gasteiger partial charge in [-0.2, -0.15) is 0 Å². The summed E-state index contributed by atoms with van der Waals surface area (Å²) in [7, 11) is 1.62. The van der Waals surface area contributed by atoms with Crippen LogP contribution in [0.1, 0.15) is 37.5 Å². The molecule has 0 saturated carbocycles. The van der Waals surface area contributed by atoms with Gasteiger partial charge in [0.2, 0.25) is 0 Å². The van der Waals surface area contributed by atoms with E-state index in [2.05, 4.69) is 46.8 Å². The van der Waals surface area contributed by atoms with Crippen molar-refractivity contribution in [2.45, 2.75) is 38.8 Å². The Morgan fingerprint density at radius 1 is 1.14 bits per heavy atom. The van der Waals surface area contributed by atoms with Crippen molar-refractivity contribution in [3.05, 3.63) is 65.7 Å². The molecule has 0 aliphatic rings. The zero-order chi connectivity index (χ0) is 19.5. The molecule has 154 valence electrons. The first-order chi connectivity index (χ1) is 13.1. The first kappa shape index (κ1) is 24.2. The van der Waals surface area contributed by atoms with E-state index in [4.69, 9.17) is 4.74 Å². The Hall–Kier alpha value is -1.80. The van der Waals surface area contributed by atoms with E-state index >= 15 is 0 Å². The van der Waals surface area contributed by atoms with Crippen LogP contribution in [0.4, 0.5) is 0 Å². The summed E-state index contributed by atoms with van der Waals surface area (Å²) in [5.74, 6) is 1.45. The topological polar surface area (TPSA) is 65.9 Å². The van der Waals surface area contributed by atoms with Crippen LogP contribution in [-0.2, 0) is 6.42 Å². The van der Waals surface area contributed by atoms with Crippen LogP contribution in [0.2, 0.25) is 0 Å². The molecule has 0 fully saturated rings. The Morgan fingerprint density at radius 2 is 1.89 bits per heavy atom. The molecule has 0 saturated heterocycles. The first-order valence-corrected chi connectivity index (χ1v) is 9.53. The lowest BCUT2D eigenvalue weighted by molar-refractivity contribution is 0.186. The van der Waals surface area contributed by atoms with E-state index in [0.29, 0.717) is 0 Å². The Kier molecular flexibility index (Phi) is 11.6. The number of methoxy groups -OCH3 is 1. The quantitative estimate of drug-likeness (QED) is 0.279. The van der Waals surface area contributed by atoms with Crippen molar-refractivity contribution in [2.75, 3.05) is 20.2 Å². The number of nitrogens with one attached hydrogen (secondary N) is 2. The molecule has 2 aromatic carbocycles. The summed E-state index contributed by atoms with van der Waals surface area (Å²) >= 11 is 0. The number of rotatable bonds is 9.